The van der Waals surface area contributed by atoms with E-state index in [1.165, 1.54) is 0 Å². The van der Waals surface area contributed by atoms with Crippen molar-refractivity contribution in [1.29, 1.82) is 0 Å². The first-order valence-electron chi connectivity index (χ1n) is 18.7. The van der Waals surface area contributed by atoms with Crippen LogP contribution in [0.2, 0.25) is 0 Å². The van der Waals surface area contributed by atoms with Crippen molar-refractivity contribution in [3.63, 3.8) is 0 Å². The number of fused-ring (bicyclic) bond motifs is 9. The Labute approximate surface area is 333 Å². The molecule has 0 saturated carbocycles. The van der Waals surface area contributed by atoms with E-state index in [4.69, 9.17) is 4.42 Å². The lowest BCUT2D eigenvalue weighted by molar-refractivity contribution is 0.350. The van der Waals surface area contributed by atoms with E-state index in [1.54, 1.807) is 24.3 Å². The molecular formula is C50H30O9. The van der Waals surface area contributed by atoms with E-state index in [2.05, 4.69) is 6.07 Å². The number of furan rings is 1. The molecule has 0 atom stereocenters. The summed E-state index contributed by atoms with van der Waals surface area (Å²) < 4.78 is 6.28. The lowest BCUT2D eigenvalue weighted by atomic mass is 9.81. The van der Waals surface area contributed by atoms with Crippen molar-refractivity contribution in [1.82, 2.24) is 0 Å². The van der Waals surface area contributed by atoms with Crippen LogP contribution >= 0.6 is 0 Å². The van der Waals surface area contributed by atoms with Gasteiger partial charge in [0.2, 0.25) is 23.0 Å². The average Bonchev–Trinajstić information content (AvgIpc) is 3.66. The van der Waals surface area contributed by atoms with Gasteiger partial charge in [0.05, 0.1) is 0 Å². The molecular weight excluding hydrogens is 745 g/mol. The van der Waals surface area contributed by atoms with Crippen molar-refractivity contribution in [2.45, 2.75) is 0 Å². The second-order valence-corrected chi connectivity index (χ2v) is 14.8. The molecule has 8 N–H and O–H groups in total. The quantitative estimate of drug-likeness (QED) is 0.0493. The molecule has 11 aromatic rings. The molecule has 0 aliphatic carbocycles. The third-order valence-corrected chi connectivity index (χ3v) is 11.7. The topological polar surface area (TPSA) is 175 Å². The lowest BCUT2D eigenvalue weighted by Crippen LogP contribution is -1.95. The second kappa shape index (κ2) is 12.1. The Morgan fingerprint density at radius 2 is 0.780 bits per heavy atom. The SMILES string of the molecule is Oc1c(O)c(O)c2c(-c3cc(-c4ccc5oc6ccc7ccccc7c6c5c4)cc4ccccc34)c3c(O)c(O)c(O)c(O)c3c(-c3ccc4ccccc4c3)c2c1O. The van der Waals surface area contributed by atoms with Gasteiger partial charge in [-0.1, -0.05) is 97.1 Å². The number of hydrogen-bond donors (Lipinski definition) is 8. The van der Waals surface area contributed by atoms with Crippen LogP contribution in [0.15, 0.2) is 138 Å². The number of benzene rings is 10. The maximum absolute atomic E-state index is 11.9. The van der Waals surface area contributed by atoms with Crippen LogP contribution in [0, 0.1) is 0 Å². The van der Waals surface area contributed by atoms with E-state index in [-0.39, 0.29) is 32.7 Å². The van der Waals surface area contributed by atoms with Crippen LogP contribution in [0.25, 0.3) is 109 Å². The molecule has 9 heteroatoms. The van der Waals surface area contributed by atoms with E-state index in [1.807, 2.05) is 103 Å². The lowest BCUT2D eigenvalue weighted by Gasteiger charge is -2.23. The largest absolute Gasteiger partial charge is 0.504 e. The Bertz CT molecular complexity index is 3580. The van der Waals surface area contributed by atoms with Gasteiger partial charge in [-0.2, -0.15) is 0 Å². The van der Waals surface area contributed by atoms with E-state index in [0.29, 0.717) is 27.7 Å². The first-order valence-corrected chi connectivity index (χ1v) is 18.7. The zero-order valence-corrected chi connectivity index (χ0v) is 30.7. The van der Waals surface area contributed by atoms with Gasteiger partial charge in [0.15, 0.2) is 23.0 Å². The molecule has 9 nitrogen and oxygen atoms in total. The van der Waals surface area contributed by atoms with Crippen molar-refractivity contribution < 1.29 is 45.3 Å². The first kappa shape index (κ1) is 34.0. The van der Waals surface area contributed by atoms with Gasteiger partial charge in [0.25, 0.3) is 0 Å². The van der Waals surface area contributed by atoms with E-state index >= 15 is 0 Å². The Hall–Kier alpha value is -8.30. The predicted octanol–water partition coefficient (Wildman–Crippen LogP) is 12.0. The van der Waals surface area contributed by atoms with E-state index in [9.17, 15) is 40.9 Å². The molecule has 284 valence electrons. The smallest absolute Gasteiger partial charge is 0.204 e. The maximum atomic E-state index is 11.9. The minimum atomic E-state index is -1.03. The van der Waals surface area contributed by atoms with Crippen molar-refractivity contribution >= 4 is 75.8 Å². The highest BCUT2D eigenvalue weighted by atomic mass is 16.4. The maximum Gasteiger partial charge on any atom is 0.204 e. The number of phenols is 8. The van der Waals surface area contributed by atoms with Crippen LogP contribution < -0.4 is 0 Å². The van der Waals surface area contributed by atoms with Crippen LogP contribution in [-0.2, 0) is 0 Å². The van der Waals surface area contributed by atoms with Crippen molar-refractivity contribution in [2.24, 2.45) is 0 Å². The van der Waals surface area contributed by atoms with Gasteiger partial charge in [-0.3, -0.25) is 0 Å². The highest BCUT2D eigenvalue weighted by Crippen LogP contribution is 2.62. The zero-order valence-electron chi connectivity index (χ0n) is 30.7. The summed E-state index contributed by atoms with van der Waals surface area (Å²) in [5, 5.41) is 98.1. The molecule has 11 rings (SSSR count). The molecule has 0 unspecified atom stereocenters. The summed E-state index contributed by atoms with van der Waals surface area (Å²) in [5.41, 5.74) is 3.54. The van der Waals surface area contributed by atoms with Crippen LogP contribution in [-0.4, -0.2) is 40.9 Å². The molecule has 0 saturated heterocycles. The molecule has 0 aliphatic heterocycles. The highest BCUT2D eigenvalue weighted by Gasteiger charge is 2.33. The summed E-state index contributed by atoms with van der Waals surface area (Å²) in [7, 11) is 0. The number of rotatable bonds is 3. The molecule has 10 aromatic carbocycles. The Balaban J connectivity index is 1.32. The standard InChI is InChI=1S/C50H30O9/c51-43-39-36(28-14-13-23-7-1-2-9-25(23)19-28)40-42(46(54)50(58)48(56)44(40)52)38(41(39)45(53)49(57)47(43)55)32-22-29(20-27-10-4-5-11-30(27)32)26-16-17-34-33(21-26)37-31-12-6-3-8-24(31)15-18-35(37)59-34/h1-22,51-58H. The molecule has 0 fully saturated rings. The van der Waals surface area contributed by atoms with Crippen molar-refractivity contribution in [2.75, 3.05) is 0 Å². The number of phenolic OH excluding ortho intramolecular Hbond substituents is 8. The third-order valence-electron chi connectivity index (χ3n) is 11.7. The molecule has 0 amide bonds. The molecule has 1 heterocycles. The van der Waals surface area contributed by atoms with E-state index < -0.39 is 46.0 Å². The normalized spacial score (nSPS) is 11.9. The Morgan fingerprint density at radius 3 is 1.44 bits per heavy atom. The first-order chi connectivity index (χ1) is 28.6. The van der Waals surface area contributed by atoms with Gasteiger partial charge in [-0.05, 0) is 91.0 Å². The fourth-order valence-corrected chi connectivity index (χ4v) is 8.93. The fourth-order valence-electron chi connectivity index (χ4n) is 8.93. The van der Waals surface area contributed by atoms with Gasteiger partial charge in [-0.25, -0.2) is 0 Å². The van der Waals surface area contributed by atoms with Gasteiger partial charge < -0.3 is 45.3 Å². The minimum Gasteiger partial charge on any atom is -0.504 e. The minimum absolute atomic E-state index is 0.0133. The molecule has 59 heavy (non-hydrogen) atoms. The fraction of sp³-hybridized carbons (Fsp3) is 0. The van der Waals surface area contributed by atoms with Gasteiger partial charge in [0, 0.05) is 43.4 Å². The zero-order chi connectivity index (χ0) is 40.4. The van der Waals surface area contributed by atoms with Crippen LogP contribution in [0.1, 0.15) is 0 Å². The second-order valence-electron chi connectivity index (χ2n) is 14.8. The molecule has 1 aromatic heterocycles. The van der Waals surface area contributed by atoms with Gasteiger partial charge in [0.1, 0.15) is 11.2 Å². The van der Waals surface area contributed by atoms with E-state index in [0.717, 1.165) is 48.9 Å². The molecule has 0 bridgehead atoms. The molecule has 0 spiro atoms. The van der Waals surface area contributed by atoms with Crippen LogP contribution in [0.3, 0.4) is 0 Å². The number of hydrogen-bond acceptors (Lipinski definition) is 9. The summed E-state index contributed by atoms with van der Waals surface area (Å²) >= 11 is 0. The predicted molar refractivity (Wildman–Crippen MR) is 231 cm³/mol. The summed E-state index contributed by atoms with van der Waals surface area (Å²) in [6.07, 6.45) is 0. The van der Waals surface area contributed by atoms with Gasteiger partial charge >= 0.3 is 0 Å². The third kappa shape index (κ3) is 4.66. The number of aromatic hydroxyl groups is 8. The monoisotopic (exact) mass is 774 g/mol. The van der Waals surface area contributed by atoms with Crippen LogP contribution in [0.5, 0.6) is 46.0 Å². The van der Waals surface area contributed by atoms with Gasteiger partial charge in [-0.15, -0.1) is 0 Å². The van der Waals surface area contributed by atoms with Crippen molar-refractivity contribution in [3.05, 3.63) is 133 Å². The summed E-state index contributed by atoms with van der Waals surface area (Å²) in [6.45, 7) is 0. The Morgan fingerprint density at radius 1 is 0.288 bits per heavy atom. The Kier molecular flexibility index (Phi) is 6.97. The molecule has 0 aliphatic rings. The summed E-state index contributed by atoms with van der Waals surface area (Å²) in [5.74, 6) is -7.46. The summed E-state index contributed by atoms with van der Waals surface area (Å²) in [4.78, 5) is 0. The van der Waals surface area contributed by atoms with Crippen LogP contribution in [0.4, 0.5) is 0 Å². The van der Waals surface area contributed by atoms with Crippen molar-refractivity contribution in [3.8, 4) is 79.4 Å². The highest BCUT2D eigenvalue weighted by molar-refractivity contribution is 6.31. The average molecular weight is 775 g/mol. The summed E-state index contributed by atoms with van der Waals surface area (Å²) in [6, 6.07) is 41.7. The molecule has 0 radical (unpaired) electrons.